The Labute approximate surface area is 250 Å². The van der Waals surface area contributed by atoms with Crippen molar-refractivity contribution in [2.24, 2.45) is 11.8 Å². The van der Waals surface area contributed by atoms with Crippen molar-refractivity contribution in [3.63, 3.8) is 0 Å². The van der Waals surface area contributed by atoms with Gasteiger partial charge in [-0.2, -0.15) is 0 Å². The van der Waals surface area contributed by atoms with Crippen molar-refractivity contribution >= 4 is 23.9 Å². The molecule has 8 nitrogen and oxygen atoms in total. The van der Waals surface area contributed by atoms with Gasteiger partial charge in [-0.1, -0.05) is 105 Å². The van der Waals surface area contributed by atoms with Gasteiger partial charge >= 0.3 is 23.9 Å². The predicted molar refractivity (Wildman–Crippen MR) is 154 cm³/mol. The van der Waals surface area contributed by atoms with Gasteiger partial charge in [0.15, 0.2) is 0 Å². The third-order valence-corrected chi connectivity index (χ3v) is 8.85. The zero-order valence-corrected chi connectivity index (χ0v) is 23.9. The number of hydrogen-bond acceptors (Lipinski definition) is 8. The van der Waals surface area contributed by atoms with Gasteiger partial charge in [0, 0.05) is 23.0 Å². The monoisotopic (exact) mass is 582 g/mol. The fraction of sp³-hybridized carbons (Fsp3) is 0.371. The van der Waals surface area contributed by atoms with Crippen LogP contribution in [0.15, 0.2) is 96.1 Å². The lowest BCUT2D eigenvalue weighted by Gasteiger charge is -2.40. The molecule has 0 bridgehead atoms. The predicted octanol–water partition coefficient (Wildman–Crippen LogP) is 6.07. The Morgan fingerprint density at radius 2 is 0.977 bits per heavy atom. The van der Waals surface area contributed by atoms with Crippen LogP contribution >= 0.6 is 0 Å². The van der Waals surface area contributed by atoms with Gasteiger partial charge in [-0.25, -0.2) is 19.2 Å². The average Bonchev–Trinajstić information content (AvgIpc) is 3.76. The summed E-state index contributed by atoms with van der Waals surface area (Å²) in [5, 5.41) is 0. The maximum Gasteiger partial charge on any atom is 0.349 e. The quantitative estimate of drug-likeness (QED) is 0.220. The van der Waals surface area contributed by atoms with E-state index in [1.54, 1.807) is 18.2 Å². The molecule has 4 fully saturated rings. The summed E-state index contributed by atoms with van der Waals surface area (Å²) in [5.74, 6) is -6.07. The van der Waals surface area contributed by atoms with Crippen LogP contribution in [0, 0.1) is 11.8 Å². The van der Waals surface area contributed by atoms with E-state index in [4.69, 9.17) is 18.9 Å². The molecule has 0 unspecified atom stereocenters. The molecular weight excluding hydrogens is 548 g/mol. The van der Waals surface area contributed by atoms with Crippen LogP contribution in [0.2, 0.25) is 0 Å². The minimum Gasteiger partial charge on any atom is -0.414 e. The van der Waals surface area contributed by atoms with E-state index in [9.17, 15) is 19.2 Å². The number of ether oxygens (including phenoxy) is 4. The maximum atomic E-state index is 13.1. The molecule has 43 heavy (non-hydrogen) atoms. The summed E-state index contributed by atoms with van der Waals surface area (Å²) in [6, 6.07) is 18.2. The average molecular weight is 583 g/mol. The fourth-order valence-electron chi connectivity index (χ4n) is 6.70. The van der Waals surface area contributed by atoms with Crippen LogP contribution in [0.3, 0.4) is 0 Å². The maximum absolute atomic E-state index is 13.1. The Morgan fingerprint density at radius 3 is 1.40 bits per heavy atom. The summed E-state index contributed by atoms with van der Waals surface area (Å²) in [7, 11) is 0. The van der Waals surface area contributed by atoms with E-state index in [1.165, 1.54) is 18.2 Å². The lowest BCUT2D eigenvalue weighted by Crippen LogP contribution is -2.48. The van der Waals surface area contributed by atoms with Crippen molar-refractivity contribution in [3.8, 4) is 0 Å². The topological polar surface area (TPSA) is 105 Å². The summed E-state index contributed by atoms with van der Waals surface area (Å²) < 4.78 is 23.6. The van der Waals surface area contributed by atoms with Gasteiger partial charge < -0.3 is 18.9 Å². The Hall–Kier alpha value is -4.46. The molecule has 2 aliphatic carbocycles. The number of carbonyl (C=O) groups is 4. The molecule has 0 N–H and O–H groups in total. The van der Waals surface area contributed by atoms with Crippen LogP contribution < -0.4 is 0 Å². The Kier molecular flexibility index (Phi) is 8.02. The number of rotatable bonds is 7. The first kappa shape index (κ1) is 28.6. The van der Waals surface area contributed by atoms with Crippen LogP contribution in [0.1, 0.15) is 68.9 Å². The highest BCUT2D eigenvalue weighted by molar-refractivity contribution is 6.16. The van der Waals surface area contributed by atoms with Gasteiger partial charge in [0.1, 0.15) is 11.1 Å². The van der Waals surface area contributed by atoms with E-state index in [2.05, 4.69) is 0 Å². The second-order valence-electron chi connectivity index (χ2n) is 11.4. The molecule has 0 amide bonds. The molecule has 2 heterocycles. The highest BCUT2D eigenvalue weighted by Gasteiger charge is 2.54. The molecule has 222 valence electrons. The number of carbonyl (C=O) groups excluding carboxylic acids is 4. The standard InChI is InChI=1S/C35H34O8/c36-30-28(31(37)41-34(40-30,26-18-10-11-19-26)24-14-4-1-5-15-24)22-8-3-9-23-29-32(38)42-35(43-33(29)39,27-20-12-13-21-27)25-16-6-2-7-17-25/h1-8,14-17,22-23,26-27H,9-13,18-21H2. The van der Waals surface area contributed by atoms with Crippen LogP contribution in [-0.4, -0.2) is 23.9 Å². The highest BCUT2D eigenvalue weighted by atomic mass is 16.8. The molecule has 0 radical (unpaired) electrons. The first-order valence-corrected chi connectivity index (χ1v) is 15.0. The summed E-state index contributed by atoms with van der Waals surface area (Å²) >= 11 is 0. The Morgan fingerprint density at radius 1 is 0.581 bits per heavy atom. The molecule has 0 atom stereocenters. The van der Waals surface area contributed by atoms with E-state index in [0.717, 1.165) is 51.4 Å². The van der Waals surface area contributed by atoms with Crippen molar-refractivity contribution in [2.45, 2.75) is 69.4 Å². The van der Waals surface area contributed by atoms with Crippen molar-refractivity contribution in [1.82, 2.24) is 0 Å². The first-order valence-electron chi connectivity index (χ1n) is 15.0. The van der Waals surface area contributed by atoms with Gasteiger partial charge in [-0.15, -0.1) is 0 Å². The zero-order valence-electron chi connectivity index (χ0n) is 23.9. The van der Waals surface area contributed by atoms with E-state index in [1.807, 2.05) is 48.5 Å². The normalized spacial score (nSPS) is 26.7. The van der Waals surface area contributed by atoms with Gasteiger partial charge in [-0.05, 0) is 38.2 Å². The van der Waals surface area contributed by atoms with Gasteiger partial charge in [-0.3, -0.25) is 0 Å². The number of hydrogen-bond donors (Lipinski definition) is 0. The molecular formula is C35H34O8. The molecule has 8 heteroatoms. The smallest absolute Gasteiger partial charge is 0.349 e. The summed E-state index contributed by atoms with van der Waals surface area (Å²) in [4.78, 5) is 52.3. The molecule has 2 aromatic rings. The molecule has 4 aliphatic rings. The van der Waals surface area contributed by atoms with E-state index < -0.39 is 35.5 Å². The largest absolute Gasteiger partial charge is 0.414 e. The van der Waals surface area contributed by atoms with Crippen LogP contribution in [-0.2, 0) is 49.7 Å². The number of benzene rings is 2. The van der Waals surface area contributed by atoms with Crippen LogP contribution in [0.5, 0.6) is 0 Å². The number of cyclic esters (lactones) is 4. The summed E-state index contributed by atoms with van der Waals surface area (Å²) in [6.07, 6.45) is 13.1. The molecule has 0 spiro atoms. The molecule has 2 aromatic carbocycles. The SMILES string of the molecule is O=C1OC(c2ccccc2)(C2CCCC2)OC(=O)C1=CC=CCC=C1C(=O)OC(c2ccccc2)(C2CCCC2)OC1=O. The number of esters is 4. The Bertz CT molecular complexity index is 1430. The van der Waals surface area contributed by atoms with Crippen LogP contribution in [0.4, 0.5) is 0 Å². The minimum absolute atomic E-state index is 0.111. The first-order chi connectivity index (χ1) is 20.9. The van der Waals surface area contributed by atoms with Gasteiger partial charge in [0.05, 0.1) is 0 Å². The van der Waals surface area contributed by atoms with Gasteiger partial charge in [0.2, 0.25) is 0 Å². The molecule has 2 saturated heterocycles. The van der Waals surface area contributed by atoms with Crippen molar-refractivity contribution in [2.75, 3.05) is 0 Å². The van der Waals surface area contributed by atoms with Crippen molar-refractivity contribution in [1.29, 1.82) is 0 Å². The van der Waals surface area contributed by atoms with E-state index in [-0.39, 0.29) is 29.4 Å². The van der Waals surface area contributed by atoms with Crippen molar-refractivity contribution in [3.05, 3.63) is 107 Å². The number of allylic oxidation sites excluding steroid dienone is 4. The highest BCUT2D eigenvalue weighted by Crippen LogP contribution is 2.48. The zero-order chi connectivity index (χ0) is 29.9. The third-order valence-electron chi connectivity index (χ3n) is 8.85. The molecule has 2 saturated carbocycles. The second-order valence-corrected chi connectivity index (χ2v) is 11.4. The van der Waals surface area contributed by atoms with E-state index >= 15 is 0 Å². The molecule has 2 aliphatic heterocycles. The lowest BCUT2D eigenvalue weighted by atomic mass is 9.89. The van der Waals surface area contributed by atoms with Gasteiger partial charge in [0.25, 0.3) is 11.6 Å². The van der Waals surface area contributed by atoms with Crippen molar-refractivity contribution < 1.29 is 38.1 Å². The Balaban J connectivity index is 1.14. The third kappa shape index (κ3) is 5.42. The second kappa shape index (κ2) is 12.0. The van der Waals surface area contributed by atoms with E-state index in [0.29, 0.717) is 11.1 Å². The lowest BCUT2D eigenvalue weighted by molar-refractivity contribution is -0.262. The summed E-state index contributed by atoms with van der Waals surface area (Å²) in [5.41, 5.74) is 0.863. The molecule has 6 rings (SSSR count). The molecule has 0 aromatic heterocycles. The fourth-order valence-corrected chi connectivity index (χ4v) is 6.70. The summed E-state index contributed by atoms with van der Waals surface area (Å²) in [6.45, 7) is 0. The minimum atomic E-state index is -1.44. The van der Waals surface area contributed by atoms with Crippen LogP contribution in [0.25, 0.3) is 0 Å².